The first-order valence-electron chi connectivity index (χ1n) is 10.8. The van der Waals surface area contributed by atoms with E-state index in [0.29, 0.717) is 16.5 Å². The lowest BCUT2D eigenvalue weighted by Crippen LogP contribution is -2.29. The molecular weight excluding hydrogens is 452 g/mol. The van der Waals surface area contributed by atoms with Gasteiger partial charge in [-0.15, -0.1) is 11.3 Å². The number of rotatable bonds is 5. The second-order valence-corrected chi connectivity index (χ2v) is 10.7. The number of anilines is 2. The molecule has 0 aliphatic carbocycles. The minimum absolute atomic E-state index is 0.0641. The van der Waals surface area contributed by atoms with Crippen LogP contribution in [0.2, 0.25) is 0 Å². The molecule has 172 valence electrons. The standard InChI is InChI=1S/C25H28N4O2S2/c1-15-9-12-20(33-15)22-21(18-8-6-7-13-26-18)28-24(32)29(22)16-10-11-17(19(14-16)31-5)27-23(30)25(2,3)4/h6-14,21-22H,1-5H3,(H,27,30)(H,28,32)/t21-,22+/m0/s1. The van der Waals surface area contributed by atoms with Crippen molar-refractivity contribution in [3.05, 3.63) is 70.2 Å². The number of pyridine rings is 1. The van der Waals surface area contributed by atoms with Crippen LogP contribution < -0.4 is 20.3 Å². The highest BCUT2D eigenvalue weighted by Gasteiger charge is 2.41. The fourth-order valence-electron chi connectivity index (χ4n) is 3.78. The Bertz CT molecular complexity index is 1170. The molecule has 1 amide bonds. The summed E-state index contributed by atoms with van der Waals surface area (Å²) in [5.41, 5.74) is 1.93. The van der Waals surface area contributed by atoms with E-state index in [2.05, 4.69) is 39.6 Å². The van der Waals surface area contributed by atoms with Gasteiger partial charge < -0.3 is 20.3 Å². The Hall–Kier alpha value is -2.97. The summed E-state index contributed by atoms with van der Waals surface area (Å²) in [4.78, 5) is 21.7. The van der Waals surface area contributed by atoms with Crippen molar-refractivity contribution in [2.24, 2.45) is 5.41 Å². The molecule has 2 N–H and O–H groups in total. The highest BCUT2D eigenvalue weighted by molar-refractivity contribution is 7.80. The van der Waals surface area contributed by atoms with Gasteiger partial charge in [-0.2, -0.15) is 0 Å². The van der Waals surface area contributed by atoms with E-state index >= 15 is 0 Å². The molecule has 1 saturated heterocycles. The third-order valence-corrected chi connectivity index (χ3v) is 6.93. The minimum atomic E-state index is -0.512. The first-order chi connectivity index (χ1) is 15.7. The van der Waals surface area contributed by atoms with Gasteiger partial charge in [0.1, 0.15) is 5.75 Å². The second kappa shape index (κ2) is 9.11. The molecule has 3 aromatic rings. The zero-order valence-electron chi connectivity index (χ0n) is 19.4. The van der Waals surface area contributed by atoms with E-state index in [9.17, 15) is 4.79 Å². The summed E-state index contributed by atoms with van der Waals surface area (Å²) >= 11 is 7.55. The fraction of sp³-hybridized carbons (Fsp3) is 0.320. The molecule has 1 aromatic carbocycles. The van der Waals surface area contributed by atoms with E-state index in [0.717, 1.165) is 11.4 Å². The first kappa shape index (κ1) is 23.2. The van der Waals surface area contributed by atoms with E-state index in [1.807, 2.05) is 57.2 Å². The Morgan fingerprint density at radius 1 is 1.21 bits per heavy atom. The van der Waals surface area contributed by atoms with Gasteiger partial charge in [-0.05, 0) is 55.5 Å². The summed E-state index contributed by atoms with van der Waals surface area (Å²) in [5.74, 6) is 0.504. The third-order valence-electron chi connectivity index (χ3n) is 5.54. The SMILES string of the molecule is COc1cc(N2C(=S)N[C@@H](c3ccccn3)[C@H]2c2ccc(C)s2)ccc1NC(=O)C(C)(C)C. The number of nitrogens with one attached hydrogen (secondary N) is 2. The number of aromatic nitrogens is 1. The molecule has 3 heterocycles. The monoisotopic (exact) mass is 480 g/mol. The van der Waals surface area contributed by atoms with E-state index in [1.165, 1.54) is 9.75 Å². The Morgan fingerprint density at radius 3 is 2.61 bits per heavy atom. The van der Waals surface area contributed by atoms with E-state index in [1.54, 1.807) is 24.6 Å². The van der Waals surface area contributed by atoms with Crippen LogP contribution in [0.25, 0.3) is 0 Å². The van der Waals surface area contributed by atoms with Crippen molar-refractivity contribution in [3.8, 4) is 5.75 Å². The smallest absolute Gasteiger partial charge is 0.229 e. The fourth-order valence-corrected chi connectivity index (χ4v) is 5.13. The molecule has 0 spiro atoms. The van der Waals surface area contributed by atoms with Crippen LogP contribution in [0.3, 0.4) is 0 Å². The van der Waals surface area contributed by atoms with Crippen LogP contribution in [0.4, 0.5) is 11.4 Å². The normalized spacial score (nSPS) is 18.2. The van der Waals surface area contributed by atoms with Crippen LogP contribution >= 0.6 is 23.6 Å². The number of nitrogens with zero attached hydrogens (tertiary/aromatic N) is 2. The zero-order valence-corrected chi connectivity index (χ0v) is 21.0. The molecule has 0 saturated carbocycles. The van der Waals surface area contributed by atoms with Gasteiger partial charge in [0, 0.05) is 33.1 Å². The van der Waals surface area contributed by atoms with Gasteiger partial charge in [0.2, 0.25) is 5.91 Å². The van der Waals surface area contributed by atoms with Crippen molar-refractivity contribution in [3.63, 3.8) is 0 Å². The summed E-state index contributed by atoms with van der Waals surface area (Å²) in [6.45, 7) is 7.74. The molecule has 4 rings (SSSR count). The van der Waals surface area contributed by atoms with Crippen LogP contribution in [-0.4, -0.2) is 23.1 Å². The number of hydrogen-bond donors (Lipinski definition) is 2. The number of amides is 1. The van der Waals surface area contributed by atoms with Gasteiger partial charge >= 0.3 is 0 Å². The van der Waals surface area contributed by atoms with Gasteiger partial charge in [0.05, 0.1) is 30.6 Å². The molecule has 1 aliphatic rings. The largest absolute Gasteiger partial charge is 0.494 e. The first-order valence-corrected chi connectivity index (χ1v) is 12.0. The topological polar surface area (TPSA) is 66.5 Å². The van der Waals surface area contributed by atoms with Gasteiger partial charge in [-0.1, -0.05) is 26.8 Å². The Kier molecular flexibility index (Phi) is 6.41. The van der Waals surface area contributed by atoms with Crippen LogP contribution in [0.1, 0.15) is 48.3 Å². The highest BCUT2D eigenvalue weighted by atomic mass is 32.1. The number of aryl methyl sites for hydroxylation is 1. The molecule has 0 radical (unpaired) electrons. The average Bonchev–Trinajstić information content (AvgIpc) is 3.36. The maximum atomic E-state index is 12.5. The molecule has 1 fully saturated rings. The molecule has 1 aliphatic heterocycles. The van der Waals surface area contributed by atoms with Crippen LogP contribution in [0.15, 0.2) is 54.7 Å². The van der Waals surface area contributed by atoms with Gasteiger partial charge in [0.25, 0.3) is 0 Å². The van der Waals surface area contributed by atoms with Gasteiger partial charge in [-0.25, -0.2) is 0 Å². The Labute approximate surface area is 204 Å². The zero-order chi connectivity index (χ0) is 23.8. The molecule has 33 heavy (non-hydrogen) atoms. The molecule has 2 aromatic heterocycles. The number of hydrogen-bond acceptors (Lipinski definition) is 5. The summed E-state index contributed by atoms with van der Waals surface area (Å²) < 4.78 is 5.64. The lowest BCUT2D eigenvalue weighted by Gasteiger charge is -2.28. The van der Waals surface area contributed by atoms with Crippen molar-refractivity contribution in [1.82, 2.24) is 10.3 Å². The molecule has 6 nitrogen and oxygen atoms in total. The lowest BCUT2D eigenvalue weighted by atomic mass is 9.95. The van der Waals surface area contributed by atoms with E-state index < -0.39 is 5.41 Å². The number of thiocarbonyl (C=S) groups is 1. The van der Waals surface area contributed by atoms with Crippen LogP contribution in [0.5, 0.6) is 5.75 Å². The van der Waals surface area contributed by atoms with E-state index in [-0.39, 0.29) is 18.0 Å². The number of ether oxygens (including phenoxy) is 1. The van der Waals surface area contributed by atoms with Crippen molar-refractivity contribution >= 4 is 45.9 Å². The number of methoxy groups -OCH3 is 1. The number of benzene rings is 1. The second-order valence-electron chi connectivity index (χ2n) is 9.03. The van der Waals surface area contributed by atoms with Crippen molar-refractivity contribution in [2.75, 3.05) is 17.3 Å². The van der Waals surface area contributed by atoms with Crippen molar-refractivity contribution < 1.29 is 9.53 Å². The lowest BCUT2D eigenvalue weighted by molar-refractivity contribution is -0.123. The molecule has 8 heteroatoms. The quantitative estimate of drug-likeness (QED) is 0.462. The molecular formula is C25H28N4O2S2. The predicted octanol–water partition coefficient (Wildman–Crippen LogP) is 5.62. The van der Waals surface area contributed by atoms with Crippen LogP contribution in [0, 0.1) is 12.3 Å². The van der Waals surface area contributed by atoms with Gasteiger partial charge in [-0.3, -0.25) is 9.78 Å². The average molecular weight is 481 g/mol. The molecule has 0 bridgehead atoms. The Balaban J connectivity index is 1.74. The third kappa shape index (κ3) is 4.72. The van der Waals surface area contributed by atoms with Crippen molar-refractivity contribution in [1.29, 1.82) is 0 Å². The Morgan fingerprint density at radius 2 is 2.00 bits per heavy atom. The number of carbonyl (C=O) groups excluding carboxylic acids is 1. The highest BCUT2D eigenvalue weighted by Crippen LogP contribution is 2.45. The van der Waals surface area contributed by atoms with Crippen molar-refractivity contribution in [2.45, 2.75) is 39.8 Å². The maximum Gasteiger partial charge on any atom is 0.229 e. The minimum Gasteiger partial charge on any atom is -0.494 e. The summed E-state index contributed by atoms with van der Waals surface area (Å²) in [6, 6.07) is 15.8. The number of thiophene rings is 1. The van der Waals surface area contributed by atoms with E-state index in [4.69, 9.17) is 17.0 Å². The number of carbonyl (C=O) groups is 1. The van der Waals surface area contributed by atoms with Gasteiger partial charge in [0.15, 0.2) is 5.11 Å². The maximum absolute atomic E-state index is 12.5. The van der Waals surface area contributed by atoms with Crippen LogP contribution in [-0.2, 0) is 4.79 Å². The molecule has 2 atom stereocenters. The summed E-state index contributed by atoms with van der Waals surface area (Å²) in [5, 5.41) is 7.06. The summed E-state index contributed by atoms with van der Waals surface area (Å²) in [7, 11) is 1.60. The summed E-state index contributed by atoms with van der Waals surface area (Å²) in [6.07, 6.45) is 1.80. The molecule has 0 unspecified atom stereocenters. The predicted molar refractivity (Wildman–Crippen MR) is 138 cm³/mol.